The number of alkyl halides is 2. The molecule has 0 aromatic heterocycles. The van der Waals surface area contributed by atoms with E-state index in [0.29, 0.717) is 13.2 Å². The Morgan fingerprint density at radius 2 is 2.14 bits per heavy atom. The van der Waals surface area contributed by atoms with Crippen LogP contribution in [0.1, 0.15) is 20.8 Å². The van der Waals surface area contributed by atoms with Crippen LogP contribution in [0.4, 0.5) is 8.78 Å². The Morgan fingerprint density at radius 3 is 2.57 bits per heavy atom. The third kappa shape index (κ3) is 3.48. The molecule has 2 atom stereocenters. The molecule has 1 fully saturated rings. The summed E-state index contributed by atoms with van der Waals surface area (Å²) in [6, 6.07) is -0.803. The fraction of sp³-hybridized carbons (Fsp3) is 1.00. The summed E-state index contributed by atoms with van der Waals surface area (Å²) in [6.45, 7) is 5.92. The maximum absolute atomic E-state index is 12.1. The number of ether oxygens (including phenoxy) is 2. The highest BCUT2D eigenvalue weighted by Gasteiger charge is 2.32. The van der Waals surface area contributed by atoms with Gasteiger partial charge in [-0.2, -0.15) is 0 Å². The maximum Gasteiger partial charge on any atom is 0.253 e. The van der Waals surface area contributed by atoms with Crippen LogP contribution in [0.15, 0.2) is 0 Å². The van der Waals surface area contributed by atoms with E-state index >= 15 is 0 Å². The van der Waals surface area contributed by atoms with Gasteiger partial charge in [0, 0.05) is 6.54 Å². The highest BCUT2D eigenvalue weighted by Crippen LogP contribution is 2.21. The Labute approximate surface area is 82.8 Å². The molecular formula is C9H17F2NO2. The Bertz CT molecular complexity index is 188. The van der Waals surface area contributed by atoms with Gasteiger partial charge in [0.15, 0.2) is 5.79 Å². The van der Waals surface area contributed by atoms with E-state index in [-0.39, 0.29) is 6.10 Å². The van der Waals surface area contributed by atoms with Gasteiger partial charge in [-0.15, -0.1) is 0 Å². The summed E-state index contributed by atoms with van der Waals surface area (Å²) in [7, 11) is 0. The smallest absolute Gasteiger partial charge is 0.253 e. The quantitative estimate of drug-likeness (QED) is 0.758. The summed E-state index contributed by atoms with van der Waals surface area (Å²) in [6.07, 6.45) is -2.48. The monoisotopic (exact) mass is 209 g/mol. The summed E-state index contributed by atoms with van der Waals surface area (Å²) in [4.78, 5) is 0. The van der Waals surface area contributed by atoms with Gasteiger partial charge in [-0.25, -0.2) is 8.78 Å². The molecule has 1 aliphatic rings. The van der Waals surface area contributed by atoms with Crippen molar-refractivity contribution in [3.63, 3.8) is 0 Å². The lowest BCUT2D eigenvalue weighted by Gasteiger charge is -2.18. The molecule has 0 amide bonds. The van der Waals surface area contributed by atoms with Crippen LogP contribution in [0.25, 0.3) is 0 Å². The van der Waals surface area contributed by atoms with E-state index < -0.39 is 18.3 Å². The highest BCUT2D eigenvalue weighted by molar-refractivity contribution is 4.74. The minimum Gasteiger partial charge on any atom is -0.348 e. The lowest BCUT2D eigenvalue weighted by molar-refractivity contribution is -0.138. The average molecular weight is 209 g/mol. The van der Waals surface area contributed by atoms with Crippen LogP contribution < -0.4 is 5.32 Å². The highest BCUT2D eigenvalue weighted by atomic mass is 19.3. The van der Waals surface area contributed by atoms with E-state index in [0.717, 1.165) is 0 Å². The third-order valence-electron chi connectivity index (χ3n) is 2.11. The lowest BCUT2D eigenvalue weighted by Crippen LogP contribution is -2.39. The van der Waals surface area contributed by atoms with Gasteiger partial charge in [-0.05, 0) is 20.8 Å². The number of rotatable bonds is 4. The normalized spacial score (nSPS) is 28.3. The van der Waals surface area contributed by atoms with Gasteiger partial charge in [0.2, 0.25) is 0 Å². The van der Waals surface area contributed by atoms with Crippen molar-refractivity contribution >= 4 is 0 Å². The van der Waals surface area contributed by atoms with Gasteiger partial charge < -0.3 is 14.8 Å². The van der Waals surface area contributed by atoms with E-state index in [2.05, 4.69) is 5.32 Å². The largest absolute Gasteiger partial charge is 0.348 e. The van der Waals surface area contributed by atoms with Crippen molar-refractivity contribution in [3.05, 3.63) is 0 Å². The summed E-state index contributed by atoms with van der Waals surface area (Å²) >= 11 is 0. The number of hydrogen-bond donors (Lipinski definition) is 1. The Balaban J connectivity index is 2.21. The van der Waals surface area contributed by atoms with Crippen molar-refractivity contribution in [2.24, 2.45) is 0 Å². The second kappa shape index (κ2) is 4.51. The van der Waals surface area contributed by atoms with Crippen molar-refractivity contribution in [1.29, 1.82) is 0 Å². The number of halogens is 2. The van der Waals surface area contributed by atoms with E-state index in [4.69, 9.17) is 9.47 Å². The second-order valence-corrected chi connectivity index (χ2v) is 3.98. The number of nitrogens with one attached hydrogen (secondary N) is 1. The molecule has 0 spiro atoms. The predicted molar refractivity (Wildman–Crippen MR) is 48.4 cm³/mol. The van der Waals surface area contributed by atoms with Crippen molar-refractivity contribution in [2.45, 2.75) is 45.1 Å². The molecule has 0 bridgehead atoms. The molecule has 1 aliphatic heterocycles. The first kappa shape index (κ1) is 11.8. The molecule has 84 valence electrons. The van der Waals surface area contributed by atoms with Crippen molar-refractivity contribution < 1.29 is 18.3 Å². The maximum atomic E-state index is 12.1. The minimum atomic E-state index is -2.34. The molecule has 14 heavy (non-hydrogen) atoms. The first-order valence-corrected chi connectivity index (χ1v) is 4.74. The van der Waals surface area contributed by atoms with Crippen molar-refractivity contribution in [3.8, 4) is 0 Å². The topological polar surface area (TPSA) is 30.5 Å². The van der Waals surface area contributed by atoms with E-state index in [9.17, 15) is 8.78 Å². The first-order chi connectivity index (χ1) is 6.41. The SMILES string of the molecule is CC(NCC1COC(C)(C)O1)C(F)F. The van der Waals surface area contributed by atoms with E-state index in [1.54, 1.807) is 0 Å². The van der Waals surface area contributed by atoms with Crippen LogP contribution >= 0.6 is 0 Å². The van der Waals surface area contributed by atoms with Crippen LogP contribution in [-0.2, 0) is 9.47 Å². The van der Waals surface area contributed by atoms with Gasteiger partial charge in [0.25, 0.3) is 6.43 Å². The molecule has 0 radical (unpaired) electrons. The molecule has 1 N–H and O–H groups in total. The zero-order valence-corrected chi connectivity index (χ0v) is 8.72. The molecule has 0 aliphatic carbocycles. The zero-order chi connectivity index (χ0) is 10.8. The molecule has 0 aromatic rings. The van der Waals surface area contributed by atoms with E-state index in [1.165, 1.54) is 6.92 Å². The van der Waals surface area contributed by atoms with Crippen LogP contribution in [0.5, 0.6) is 0 Å². The Hall–Kier alpha value is -0.260. The molecule has 0 aromatic carbocycles. The lowest BCUT2D eigenvalue weighted by atomic mass is 10.3. The second-order valence-electron chi connectivity index (χ2n) is 3.98. The zero-order valence-electron chi connectivity index (χ0n) is 8.72. The van der Waals surface area contributed by atoms with Crippen LogP contribution in [0.2, 0.25) is 0 Å². The van der Waals surface area contributed by atoms with Crippen LogP contribution in [-0.4, -0.2) is 37.5 Å². The molecule has 1 heterocycles. The van der Waals surface area contributed by atoms with E-state index in [1.807, 2.05) is 13.8 Å². The van der Waals surface area contributed by atoms with Gasteiger partial charge >= 0.3 is 0 Å². The third-order valence-corrected chi connectivity index (χ3v) is 2.11. The molecule has 2 unspecified atom stereocenters. The van der Waals surface area contributed by atoms with Gasteiger partial charge in [0.1, 0.15) is 0 Å². The van der Waals surface area contributed by atoms with Crippen molar-refractivity contribution in [2.75, 3.05) is 13.2 Å². The van der Waals surface area contributed by atoms with Crippen LogP contribution in [0.3, 0.4) is 0 Å². The average Bonchev–Trinajstić information content (AvgIpc) is 2.41. The van der Waals surface area contributed by atoms with Gasteiger partial charge in [-0.3, -0.25) is 0 Å². The summed E-state index contributed by atoms with van der Waals surface area (Å²) in [5.41, 5.74) is 0. The molecule has 1 saturated heterocycles. The summed E-state index contributed by atoms with van der Waals surface area (Å²) in [5.74, 6) is -0.583. The van der Waals surface area contributed by atoms with Crippen LogP contribution in [0, 0.1) is 0 Å². The molecule has 3 nitrogen and oxygen atoms in total. The fourth-order valence-electron chi connectivity index (χ4n) is 1.27. The first-order valence-electron chi connectivity index (χ1n) is 4.74. The van der Waals surface area contributed by atoms with Gasteiger partial charge in [-0.1, -0.05) is 0 Å². The summed E-state index contributed by atoms with van der Waals surface area (Å²) in [5, 5.41) is 2.71. The standard InChI is InChI=1S/C9H17F2NO2/c1-6(8(10)11)12-4-7-5-13-9(2,3)14-7/h6-8,12H,4-5H2,1-3H3. The molecular weight excluding hydrogens is 192 g/mol. The van der Waals surface area contributed by atoms with Crippen molar-refractivity contribution in [1.82, 2.24) is 5.32 Å². The minimum absolute atomic E-state index is 0.133. The molecule has 1 rings (SSSR count). The summed E-state index contributed by atoms with van der Waals surface area (Å²) < 4.78 is 35.0. The van der Waals surface area contributed by atoms with Gasteiger partial charge in [0.05, 0.1) is 18.8 Å². The Kier molecular flexibility index (Phi) is 3.80. The predicted octanol–water partition coefficient (Wildman–Crippen LogP) is 1.38. The molecule has 0 saturated carbocycles. The Morgan fingerprint density at radius 1 is 1.50 bits per heavy atom. The molecule has 5 heteroatoms. The fourth-order valence-corrected chi connectivity index (χ4v) is 1.27. The number of hydrogen-bond acceptors (Lipinski definition) is 3.